The lowest BCUT2D eigenvalue weighted by molar-refractivity contribution is 0.144. The van der Waals surface area contributed by atoms with Crippen molar-refractivity contribution in [2.45, 2.75) is 25.5 Å². The van der Waals surface area contributed by atoms with Crippen molar-refractivity contribution in [1.82, 2.24) is 9.55 Å². The molecule has 0 saturated heterocycles. The second-order valence-corrected chi connectivity index (χ2v) is 4.08. The number of hydrogen-bond acceptors (Lipinski definition) is 2. The van der Waals surface area contributed by atoms with Gasteiger partial charge in [-0.1, -0.05) is 12.1 Å². The van der Waals surface area contributed by atoms with Gasteiger partial charge in [0, 0.05) is 18.9 Å². The lowest BCUT2D eigenvalue weighted by Crippen LogP contribution is -2.15. The number of aliphatic hydroxyl groups is 1. The number of aliphatic hydroxyl groups excluding tert-OH is 1. The summed E-state index contributed by atoms with van der Waals surface area (Å²) in [5, 5.41) is 9.81. The van der Waals surface area contributed by atoms with E-state index < -0.39 is 6.10 Å². The second kappa shape index (κ2) is 7.13. The monoisotopic (exact) mass is 270 g/mol. The summed E-state index contributed by atoms with van der Waals surface area (Å²) in [6.07, 6.45) is 6.18. The highest BCUT2D eigenvalue weighted by atomic mass is 35.5. The van der Waals surface area contributed by atoms with Crippen LogP contribution in [-0.4, -0.2) is 20.8 Å². The largest absolute Gasteiger partial charge is 0.391 e. The molecule has 1 aromatic carbocycles. The van der Waals surface area contributed by atoms with Crippen LogP contribution in [0.15, 0.2) is 43.0 Å². The van der Waals surface area contributed by atoms with E-state index >= 15 is 0 Å². The Morgan fingerprint density at radius 1 is 1.28 bits per heavy atom. The molecule has 0 bridgehead atoms. The number of hydrogen-bond donors (Lipinski definition) is 1. The minimum atomic E-state index is -0.408. The van der Waals surface area contributed by atoms with Crippen LogP contribution >= 0.6 is 12.4 Å². The van der Waals surface area contributed by atoms with Gasteiger partial charge in [-0.25, -0.2) is 9.37 Å². The van der Waals surface area contributed by atoms with Crippen LogP contribution in [0.4, 0.5) is 4.39 Å². The van der Waals surface area contributed by atoms with Gasteiger partial charge in [-0.3, -0.25) is 0 Å². The maximum Gasteiger partial charge on any atom is 0.123 e. The molecule has 0 aliphatic carbocycles. The molecule has 1 heterocycles. The number of aromatic nitrogens is 2. The van der Waals surface area contributed by atoms with Crippen LogP contribution in [0.25, 0.3) is 0 Å². The predicted molar refractivity (Wildman–Crippen MR) is 70.2 cm³/mol. The molecule has 0 fully saturated rings. The van der Waals surface area contributed by atoms with E-state index in [-0.39, 0.29) is 18.2 Å². The number of imidazole rings is 1. The highest BCUT2D eigenvalue weighted by Crippen LogP contribution is 2.08. The molecule has 0 saturated carbocycles. The van der Waals surface area contributed by atoms with Crippen molar-refractivity contribution in [3.05, 3.63) is 54.4 Å². The Morgan fingerprint density at radius 3 is 2.61 bits per heavy atom. The normalized spacial score (nSPS) is 11.9. The van der Waals surface area contributed by atoms with E-state index in [9.17, 15) is 9.50 Å². The zero-order chi connectivity index (χ0) is 12.1. The van der Waals surface area contributed by atoms with Crippen LogP contribution in [-0.2, 0) is 13.0 Å². The summed E-state index contributed by atoms with van der Waals surface area (Å²) in [5.74, 6) is -0.229. The molecular weight excluding hydrogens is 255 g/mol. The minimum Gasteiger partial charge on any atom is -0.391 e. The fourth-order valence-electron chi connectivity index (χ4n) is 1.71. The molecular formula is C13H16ClFN2O. The van der Waals surface area contributed by atoms with Gasteiger partial charge in [-0.2, -0.15) is 0 Å². The molecule has 1 aromatic heterocycles. The Balaban J connectivity index is 0.00000162. The molecule has 1 unspecified atom stereocenters. The van der Waals surface area contributed by atoms with E-state index in [1.807, 2.05) is 10.8 Å². The standard InChI is InChI=1S/C13H15FN2O.ClH/c14-12-4-1-11(2-5-12)3-6-13(17)9-16-8-7-15-10-16;/h1-2,4-5,7-8,10,13,17H,3,6,9H2;1H. The smallest absolute Gasteiger partial charge is 0.123 e. The Labute approximate surface area is 112 Å². The topological polar surface area (TPSA) is 38.0 Å². The number of halogens is 2. The Morgan fingerprint density at radius 2 is 2.00 bits per heavy atom. The van der Waals surface area contributed by atoms with Crippen molar-refractivity contribution in [1.29, 1.82) is 0 Å². The van der Waals surface area contributed by atoms with Crippen LogP contribution < -0.4 is 0 Å². The summed E-state index contributed by atoms with van der Waals surface area (Å²) >= 11 is 0. The van der Waals surface area contributed by atoms with E-state index in [0.29, 0.717) is 13.0 Å². The Kier molecular flexibility index (Phi) is 5.82. The van der Waals surface area contributed by atoms with Gasteiger partial charge < -0.3 is 9.67 Å². The van der Waals surface area contributed by atoms with Crippen molar-refractivity contribution in [2.24, 2.45) is 0 Å². The maximum atomic E-state index is 12.7. The molecule has 0 radical (unpaired) electrons. The zero-order valence-corrected chi connectivity index (χ0v) is 10.7. The van der Waals surface area contributed by atoms with Crippen molar-refractivity contribution in [3.63, 3.8) is 0 Å². The highest BCUT2D eigenvalue weighted by Gasteiger charge is 2.05. The van der Waals surface area contributed by atoms with Gasteiger partial charge in [0.25, 0.3) is 0 Å². The first-order valence-corrected chi connectivity index (χ1v) is 5.62. The first-order chi connectivity index (χ1) is 8.24. The average Bonchev–Trinajstić information content (AvgIpc) is 2.81. The Hall–Kier alpha value is -1.39. The molecule has 1 N–H and O–H groups in total. The molecule has 0 aliphatic heterocycles. The van der Waals surface area contributed by atoms with Crippen molar-refractivity contribution in [2.75, 3.05) is 0 Å². The molecule has 0 amide bonds. The summed E-state index contributed by atoms with van der Waals surface area (Å²) in [5.41, 5.74) is 1.04. The van der Waals surface area contributed by atoms with E-state index in [0.717, 1.165) is 12.0 Å². The SMILES string of the molecule is Cl.OC(CCc1ccc(F)cc1)Cn1ccnc1. The Bertz CT molecular complexity index is 445. The second-order valence-electron chi connectivity index (χ2n) is 4.08. The summed E-state index contributed by atoms with van der Waals surface area (Å²) < 4.78 is 14.5. The molecule has 2 aromatic rings. The third-order valence-electron chi connectivity index (χ3n) is 2.66. The molecule has 0 spiro atoms. The van der Waals surface area contributed by atoms with Crippen LogP contribution in [0.1, 0.15) is 12.0 Å². The molecule has 3 nitrogen and oxygen atoms in total. The molecule has 0 aliphatic rings. The van der Waals surface area contributed by atoms with Crippen LogP contribution in [0.2, 0.25) is 0 Å². The molecule has 98 valence electrons. The minimum absolute atomic E-state index is 0. The van der Waals surface area contributed by atoms with Crippen molar-refractivity contribution in [3.8, 4) is 0 Å². The fourth-order valence-corrected chi connectivity index (χ4v) is 1.71. The van der Waals surface area contributed by atoms with Crippen molar-refractivity contribution < 1.29 is 9.50 Å². The summed E-state index contributed by atoms with van der Waals surface area (Å²) in [6.45, 7) is 0.543. The van der Waals surface area contributed by atoms with E-state index in [4.69, 9.17) is 0 Å². The first-order valence-electron chi connectivity index (χ1n) is 5.62. The van der Waals surface area contributed by atoms with Gasteiger partial charge in [0.15, 0.2) is 0 Å². The van der Waals surface area contributed by atoms with Gasteiger partial charge in [0.2, 0.25) is 0 Å². The third-order valence-corrected chi connectivity index (χ3v) is 2.66. The van der Waals surface area contributed by atoms with Crippen LogP contribution in [0.3, 0.4) is 0 Å². The fraction of sp³-hybridized carbons (Fsp3) is 0.308. The van der Waals surface area contributed by atoms with Crippen molar-refractivity contribution >= 4 is 12.4 Å². The number of benzene rings is 1. The van der Waals surface area contributed by atoms with E-state index in [1.165, 1.54) is 12.1 Å². The maximum absolute atomic E-state index is 12.7. The highest BCUT2D eigenvalue weighted by molar-refractivity contribution is 5.85. The van der Waals surface area contributed by atoms with Crippen LogP contribution in [0.5, 0.6) is 0 Å². The molecule has 2 rings (SSSR count). The average molecular weight is 271 g/mol. The van der Waals surface area contributed by atoms with Gasteiger partial charge in [0.05, 0.1) is 12.4 Å². The molecule has 1 atom stereocenters. The number of nitrogens with zero attached hydrogens (tertiary/aromatic N) is 2. The summed E-state index contributed by atoms with van der Waals surface area (Å²) in [4.78, 5) is 3.91. The number of rotatable bonds is 5. The van der Waals surface area contributed by atoms with Gasteiger partial charge in [-0.05, 0) is 30.5 Å². The number of aryl methyl sites for hydroxylation is 1. The summed E-state index contributed by atoms with van der Waals surface area (Å²) in [6, 6.07) is 6.38. The lowest BCUT2D eigenvalue weighted by atomic mass is 10.1. The lowest BCUT2D eigenvalue weighted by Gasteiger charge is -2.10. The third kappa shape index (κ3) is 4.47. The zero-order valence-electron chi connectivity index (χ0n) is 9.87. The van der Waals surface area contributed by atoms with Gasteiger partial charge in [0.1, 0.15) is 5.82 Å². The summed E-state index contributed by atoms with van der Waals surface area (Å²) in [7, 11) is 0. The van der Waals surface area contributed by atoms with Gasteiger partial charge >= 0.3 is 0 Å². The molecule has 5 heteroatoms. The van der Waals surface area contributed by atoms with E-state index in [1.54, 1.807) is 24.7 Å². The predicted octanol–water partition coefficient (Wildman–Crippen LogP) is 2.44. The molecule has 18 heavy (non-hydrogen) atoms. The van der Waals surface area contributed by atoms with Crippen LogP contribution in [0, 0.1) is 5.82 Å². The van der Waals surface area contributed by atoms with E-state index in [2.05, 4.69) is 4.98 Å². The quantitative estimate of drug-likeness (QED) is 0.906. The first kappa shape index (κ1) is 14.7. The van der Waals surface area contributed by atoms with Gasteiger partial charge in [-0.15, -0.1) is 12.4 Å².